The van der Waals surface area contributed by atoms with Crippen molar-refractivity contribution >= 4 is 15.9 Å². The van der Waals surface area contributed by atoms with E-state index < -0.39 is 0 Å². The summed E-state index contributed by atoms with van der Waals surface area (Å²) in [6, 6.07) is 9.88. The molecule has 84 valence electrons. The minimum absolute atomic E-state index is 0.568. The van der Waals surface area contributed by atoms with Gasteiger partial charge in [-0.2, -0.15) is 0 Å². The Labute approximate surface area is 103 Å². The van der Waals surface area contributed by atoms with E-state index in [-0.39, 0.29) is 0 Å². The third-order valence-electron chi connectivity index (χ3n) is 2.20. The molecule has 1 aromatic carbocycles. The number of rotatable bonds is 4. The molecule has 0 aliphatic heterocycles. The zero-order valence-corrected chi connectivity index (χ0v) is 10.5. The number of halogens is 1. The van der Waals surface area contributed by atoms with Gasteiger partial charge in [0.2, 0.25) is 0 Å². The quantitative estimate of drug-likeness (QED) is 0.803. The fraction of sp³-hybridized carbons (Fsp3) is 0.250. The first kappa shape index (κ1) is 11.2. The number of hydrogen-bond donors (Lipinski definition) is 0. The van der Waals surface area contributed by atoms with E-state index in [0.29, 0.717) is 17.8 Å². The highest BCUT2D eigenvalue weighted by Gasteiger charge is 2.17. The highest BCUT2D eigenvalue weighted by molar-refractivity contribution is 9.08. The van der Waals surface area contributed by atoms with E-state index in [9.17, 15) is 0 Å². The molecule has 0 saturated carbocycles. The predicted molar refractivity (Wildman–Crippen MR) is 65.7 cm³/mol. The van der Waals surface area contributed by atoms with Gasteiger partial charge in [-0.05, 0) is 12.1 Å². The maximum atomic E-state index is 5.40. The first-order chi connectivity index (χ1) is 7.86. The normalized spacial score (nSPS) is 10.4. The van der Waals surface area contributed by atoms with E-state index in [1.807, 2.05) is 37.3 Å². The average Bonchev–Trinajstić information content (AvgIpc) is 2.73. The van der Waals surface area contributed by atoms with E-state index in [1.54, 1.807) is 0 Å². The van der Waals surface area contributed by atoms with Crippen LogP contribution in [-0.4, -0.2) is 11.8 Å². The maximum absolute atomic E-state index is 5.40. The molecule has 1 aromatic heterocycles. The molecule has 0 fully saturated rings. The second-order valence-corrected chi connectivity index (χ2v) is 3.79. The zero-order valence-electron chi connectivity index (χ0n) is 8.94. The maximum Gasteiger partial charge on any atom is 0.258 e. The molecule has 4 heteroatoms. The van der Waals surface area contributed by atoms with Gasteiger partial charge >= 0.3 is 0 Å². The van der Waals surface area contributed by atoms with E-state index in [1.165, 1.54) is 0 Å². The Kier molecular flexibility index (Phi) is 3.62. The van der Waals surface area contributed by atoms with Gasteiger partial charge in [-0.1, -0.05) is 46.3 Å². The zero-order chi connectivity index (χ0) is 11.4. The summed E-state index contributed by atoms with van der Waals surface area (Å²) in [5.74, 6) is 1.33. The van der Waals surface area contributed by atoms with Gasteiger partial charge in [0.15, 0.2) is 5.76 Å². The fourth-order valence-corrected chi connectivity index (χ4v) is 1.97. The molecule has 0 aliphatic carbocycles. The average molecular weight is 282 g/mol. The number of benzene rings is 1. The van der Waals surface area contributed by atoms with Crippen molar-refractivity contribution in [2.24, 2.45) is 0 Å². The van der Waals surface area contributed by atoms with Crippen molar-refractivity contribution in [2.45, 2.75) is 12.3 Å². The first-order valence-electron chi connectivity index (χ1n) is 5.09. The Morgan fingerprint density at radius 2 is 2.06 bits per heavy atom. The summed E-state index contributed by atoms with van der Waals surface area (Å²) in [5, 5.41) is 4.59. The number of hydrogen-bond acceptors (Lipinski definition) is 3. The van der Waals surface area contributed by atoms with Crippen LogP contribution >= 0.6 is 15.9 Å². The van der Waals surface area contributed by atoms with Crippen LogP contribution in [0.4, 0.5) is 0 Å². The summed E-state index contributed by atoms with van der Waals surface area (Å²) in [5.41, 5.74) is 1.96. The molecule has 3 nitrogen and oxygen atoms in total. The smallest absolute Gasteiger partial charge is 0.258 e. The van der Waals surface area contributed by atoms with Gasteiger partial charge in [0.25, 0.3) is 5.88 Å². The van der Waals surface area contributed by atoms with Gasteiger partial charge in [0, 0.05) is 10.9 Å². The van der Waals surface area contributed by atoms with E-state index >= 15 is 0 Å². The molecular weight excluding hydrogens is 270 g/mol. The largest absolute Gasteiger partial charge is 0.476 e. The fourth-order valence-electron chi connectivity index (χ4n) is 1.48. The standard InChI is InChI=1S/C12H12BrNO2/c1-2-15-12-10(8-13)11(16-14-12)9-6-4-3-5-7-9/h3-7H,2,8H2,1H3. The van der Waals surface area contributed by atoms with Crippen molar-refractivity contribution in [3.05, 3.63) is 35.9 Å². The Morgan fingerprint density at radius 1 is 1.31 bits per heavy atom. The van der Waals surface area contributed by atoms with Crippen molar-refractivity contribution in [3.63, 3.8) is 0 Å². The summed E-state index contributed by atoms with van der Waals surface area (Å²) in [4.78, 5) is 0. The van der Waals surface area contributed by atoms with Crippen molar-refractivity contribution in [1.29, 1.82) is 0 Å². The SMILES string of the molecule is CCOc1noc(-c2ccccc2)c1CBr. The highest BCUT2D eigenvalue weighted by Crippen LogP contribution is 2.32. The predicted octanol–water partition coefficient (Wildman–Crippen LogP) is 3.64. The minimum atomic E-state index is 0.568. The number of ether oxygens (including phenoxy) is 1. The van der Waals surface area contributed by atoms with Crippen LogP contribution in [0.25, 0.3) is 11.3 Å². The number of alkyl halides is 1. The monoisotopic (exact) mass is 281 g/mol. The van der Waals surface area contributed by atoms with Crippen molar-refractivity contribution in [3.8, 4) is 17.2 Å². The topological polar surface area (TPSA) is 35.3 Å². The second kappa shape index (κ2) is 5.16. The molecule has 16 heavy (non-hydrogen) atoms. The van der Waals surface area contributed by atoms with Crippen molar-refractivity contribution in [2.75, 3.05) is 6.61 Å². The minimum Gasteiger partial charge on any atom is -0.476 e. The lowest BCUT2D eigenvalue weighted by Crippen LogP contribution is -1.94. The van der Waals surface area contributed by atoms with Crippen LogP contribution in [-0.2, 0) is 5.33 Å². The number of aromatic nitrogens is 1. The molecule has 0 N–H and O–H groups in total. The lowest BCUT2D eigenvalue weighted by Gasteiger charge is -2.00. The molecule has 0 amide bonds. The Balaban J connectivity index is 2.42. The van der Waals surface area contributed by atoms with Crippen LogP contribution in [0.3, 0.4) is 0 Å². The Morgan fingerprint density at radius 3 is 2.69 bits per heavy atom. The van der Waals surface area contributed by atoms with Gasteiger partial charge in [-0.25, -0.2) is 0 Å². The molecule has 0 bridgehead atoms. The van der Waals surface area contributed by atoms with Crippen LogP contribution < -0.4 is 4.74 Å². The summed E-state index contributed by atoms with van der Waals surface area (Å²) in [6.07, 6.45) is 0. The third kappa shape index (κ3) is 2.11. The molecule has 0 spiro atoms. The van der Waals surface area contributed by atoms with Gasteiger partial charge in [0.05, 0.1) is 12.2 Å². The molecule has 0 aliphatic rings. The molecule has 0 saturated heterocycles. The lowest BCUT2D eigenvalue weighted by atomic mass is 10.1. The van der Waals surface area contributed by atoms with Crippen molar-refractivity contribution < 1.29 is 9.26 Å². The van der Waals surface area contributed by atoms with Gasteiger partial charge in [0.1, 0.15) is 0 Å². The molecule has 0 unspecified atom stereocenters. The number of nitrogens with zero attached hydrogens (tertiary/aromatic N) is 1. The molecule has 0 atom stereocenters. The van der Waals surface area contributed by atoms with Crippen molar-refractivity contribution in [1.82, 2.24) is 5.16 Å². The van der Waals surface area contributed by atoms with Crippen LogP contribution in [0.15, 0.2) is 34.9 Å². The second-order valence-electron chi connectivity index (χ2n) is 3.23. The van der Waals surface area contributed by atoms with Crippen LogP contribution in [0, 0.1) is 0 Å². The highest BCUT2D eigenvalue weighted by atomic mass is 79.9. The summed E-state index contributed by atoms with van der Waals surface area (Å²) < 4.78 is 10.7. The summed E-state index contributed by atoms with van der Waals surface area (Å²) in [7, 11) is 0. The first-order valence-corrected chi connectivity index (χ1v) is 6.21. The van der Waals surface area contributed by atoms with Crippen LogP contribution in [0.5, 0.6) is 5.88 Å². The molecular formula is C12H12BrNO2. The molecule has 2 rings (SSSR count). The Bertz CT molecular complexity index is 453. The summed E-state index contributed by atoms with van der Waals surface area (Å²) >= 11 is 3.43. The van der Waals surface area contributed by atoms with E-state index in [4.69, 9.17) is 9.26 Å². The molecule has 1 heterocycles. The van der Waals surface area contributed by atoms with E-state index in [2.05, 4.69) is 21.1 Å². The lowest BCUT2D eigenvalue weighted by molar-refractivity contribution is 0.295. The Hall–Kier alpha value is -1.29. The van der Waals surface area contributed by atoms with Gasteiger partial charge < -0.3 is 9.26 Å². The van der Waals surface area contributed by atoms with Gasteiger partial charge in [-0.3, -0.25) is 0 Å². The third-order valence-corrected chi connectivity index (χ3v) is 2.76. The van der Waals surface area contributed by atoms with E-state index in [0.717, 1.165) is 16.9 Å². The van der Waals surface area contributed by atoms with Crippen LogP contribution in [0.1, 0.15) is 12.5 Å². The summed E-state index contributed by atoms with van der Waals surface area (Å²) in [6.45, 7) is 2.51. The molecule has 2 aromatic rings. The van der Waals surface area contributed by atoms with Crippen LogP contribution in [0.2, 0.25) is 0 Å². The molecule has 0 radical (unpaired) electrons. The van der Waals surface area contributed by atoms with Gasteiger partial charge in [-0.15, -0.1) is 0 Å².